The molecule has 0 spiro atoms. The molecule has 1 aromatic rings. The lowest BCUT2D eigenvalue weighted by molar-refractivity contribution is 0.110. The number of nitrogens with two attached hydrogens (primary N) is 1. The molecule has 0 atom stereocenters. The first-order valence-corrected chi connectivity index (χ1v) is 5.74. The molecular formula is C13H20N2O3. The fraction of sp³-hybridized carbons (Fsp3) is 0.462. The summed E-state index contributed by atoms with van der Waals surface area (Å²) in [6.07, 6.45) is 0.110. The molecular weight excluding hydrogens is 232 g/mol. The van der Waals surface area contributed by atoms with Gasteiger partial charge in [-0.05, 0) is 26.0 Å². The van der Waals surface area contributed by atoms with Gasteiger partial charge in [0, 0.05) is 0 Å². The highest BCUT2D eigenvalue weighted by atomic mass is 16.5. The normalized spacial score (nSPS) is 11.7. The maximum atomic E-state index is 5.82. The Morgan fingerprint density at radius 3 is 2.22 bits per heavy atom. The third-order valence-corrected chi connectivity index (χ3v) is 2.22. The molecule has 0 radical (unpaired) electrons. The van der Waals surface area contributed by atoms with Crippen LogP contribution in [0.2, 0.25) is 0 Å². The van der Waals surface area contributed by atoms with Crippen LogP contribution in [0.25, 0.3) is 0 Å². The zero-order chi connectivity index (χ0) is 13.5. The number of hydrogen-bond donors (Lipinski definition) is 1. The highest BCUT2D eigenvalue weighted by Gasteiger charge is 2.09. The van der Waals surface area contributed by atoms with E-state index in [1.54, 1.807) is 26.4 Å². The van der Waals surface area contributed by atoms with Crippen molar-refractivity contribution in [1.29, 1.82) is 0 Å². The van der Waals surface area contributed by atoms with Crippen LogP contribution in [0.15, 0.2) is 23.2 Å². The number of benzene rings is 1. The van der Waals surface area contributed by atoms with E-state index in [0.717, 1.165) is 0 Å². The van der Waals surface area contributed by atoms with E-state index in [1.165, 1.54) is 0 Å². The van der Waals surface area contributed by atoms with E-state index in [-0.39, 0.29) is 12.7 Å². The molecule has 0 saturated heterocycles. The van der Waals surface area contributed by atoms with Crippen LogP contribution in [-0.4, -0.2) is 32.8 Å². The molecule has 5 heteroatoms. The van der Waals surface area contributed by atoms with Gasteiger partial charge in [0.2, 0.25) is 0 Å². The highest BCUT2D eigenvalue weighted by Crippen LogP contribution is 2.36. The van der Waals surface area contributed by atoms with Crippen molar-refractivity contribution in [3.63, 3.8) is 0 Å². The molecule has 0 aliphatic heterocycles. The smallest absolute Gasteiger partial charge is 0.149 e. The lowest BCUT2D eigenvalue weighted by atomic mass is 10.2. The minimum Gasteiger partial charge on any atom is -0.494 e. The van der Waals surface area contributed by atoms with Gasteiger partial charge in [-0.25, -0.2) is 4.99 Å². The van der Waals surface area contributed by atoms with Gasteiger partial charge in [0.25, 0.3) is 0 Å². The molecule has 0 aliphatic rings. The van der Waals surface area contributed by atoms with Crippen molar-refractivity contribution >= 4 is 11.5 Å². The third-order valence-electron chi connectivity index (χ3n) is 2.22. The summed E-state index contributed by atoms with van der Waals surface area (Å²) in [4.78, 5) is 4.29. The summed E-state index contributed by atoms with van der Waals surface area (Å²) in [5.74, 6) is 1.61. The van der Waals surface area contributed by atoms with Crippen LogP contribution in [0, 0.1) is 0 Å². The van der Waals surface area contributed by atoms with Crippen molar-refractivity contribution in [2.75, 3.05) is 20.8 Å². The Morgan fingerprint density at radius 2 is 1.78 bits per heavy atom. The molecule has 0 fully saturated rings. The summed E-state index contributed by atoms with van der Waals surface area (Å²) >= 11 is 0. The average Bonchev–Trinajstić information content (AvgIpc) is 2.36. The highest BCUT2D eigenvalue weighted by molar-refractivity contribution is 5.86. The van der Waals surface area contributed by atoms with Crippen LogP contribution >= 0.6 is 0 Å². The average molecular weight is 252 g/mol. The fourth-order valence-electron chi connectivity index (χ4n) is 1.37. The summed E-state index contributed by atoms with van der Waals surface area (Å²) in [5.41, 5.74) is 6.39. The zero-order valence-electron chi connectivity index (χ0n) is 11.3. The molecule has 5 nitrogen and oxygen atoms in total. The van der Waals surface area contributed by atoms with Gasteiger partial charge < -0.3 is 19.9 Å². The molecule has 1 aromatic carbocycles. The van der Waals surface area contributed by atoms with Crippen LogP contribution in [0.4, 0.5) is 5.69 Å². The van der Waals surface area contributed by atoms with Crippen molar-refractivity contribution in [2.45, 2.75) is 20.0 Å². The number of para-hydroxylation sites is 1. The van der Waals surface area contributed by atoms with E-state index in [0.29, 0.717) is 23.0 Å². The van der Waals surface area contributed by atoms with E-state index in [9.17, 15) is 0 Å². The SMILES string of the molecule is COc1cccc(OC)c1N=C(N)COC(C)C. The van der Waals surface area contributed by atoms with Crippen LogP contribution < -0.4 is 15.2 Å². The van der Waals surface area contributed by atoms with Crippen molar-refractivity contribution in [2.24, 2.45) is 10.7 Å². The lowest BCUT2D eigenvalue weighted by Crippen LogP contribution is -2.21. The molecule has 18 heavy (non-hydrogen) atoms. The first-order chi connectivity index (χ1) is 8.58. The Bertz CT molecular complexity index is 394. The van der Waals surface area contributed by atoms with Crippen molar-refractivity contribution in [3.8, 4) is 11.5 Å². The zero-order valence-corrected chi connectivity index (χ0v) is 11.3. The van der Waals surface area contributed by atoms with Gasteiger partial charge in [-0.3, -0.25) is 0 Å². The molecule has 0 saturated carbocycles. The van der Waals surface area contributed by atoms with Crippen molar-refractivity contribution < 1.29 is 14.2 Å². The maximum Gasteiger partial charge on any atom is 0.149 e. The number of aliphatic imine (C=N–C) groups is 1. The number of rotatable bonds is 6. The monoisotopic (exact) mass is 252 g/mol. The summed E-state index contributed by atoms with van der Waals surface area (Å²) in [5, 5.41) is 0. The van der Waals surface area contributed by atoms with E-state index >= 15 is 0 Å². The number of nitrogens with zero attached hydrogens (tertiary/aromatic N) is 1. The van der Waals surface area contributed by atoms with Gasteiger partial charge in [0.1, 0.15) is 29.6 Å². The predicted molar refractivity (Wildman–Crippen MR) is 71.9 cm³/mol. The van der Waals surface area contributed by atoms with Crippen LogP contribution in [0.3, 0.4) is 0 Å². The summed E-state index contributed by atoms with van der Waals surface area (Å²) in [6.45, 7) is 4.16. The van der Waals surface area contributed by atoms with Crippen molar-refractivity contribution in [3.05, 3.63) is 18.2 Å². The predicted octanol–water partition coefficient (Wildman–Crippen LogP) is 2.12. The van der Waals surface area contributed by atoms with Crippen LogP contribution in [0.1, 0.15) is 13.8 Å². The minimum absolute atomic E-state index is 0.110. The quantitative estimate of drug-likeness (QED) is 0.622. The molecule has 0 unspecified atom stereocenters. The minimum atomic E-state index is 0.110. The van der Waals surface area contributed by atoms with Gasteiger partial charge in [0.15, 0.2) is 0 Å². The second-order valence-corrected chi connectivity index (χ2v) is 3.97. The number of amidine groups is 1. The summed E-state index contributed by atoms with van der Waals surface area (Å²) in [7, 11) is 3.16. The van der Waals surface area contributed by atoms with Gasteiger partial charge >= 0.3 is 0 Å². The number of methoxy groups -OCH3 is 2. The van der Waals surface area contributed by atoms with Gasteiger partial charge in [-0.15, -0.1) is 0 Å². The van der Waals surface area contributed by atoms with Crippen LogP contribution in [-0.2, 0) is 4.74 Å². The van der Waals surface area contributed by atoms with E-state index in [1.807, 2.05) is 19.9 Å². The van der Waals surface area contributed by atoms with Gasteiger partial charge in [-0.2, -0.15) is 0 Å². The molecule has 0 amide bonds. The second-order valence-electron chi connectivity index (χ2n) is 3.97. The number of hydrogen-bond acceptors (Lipinski definition) is 4. The Morgan fingerprint density at radius 1 is 1.22 bits per heavy atom. The third kappa shape index (κ3) is 3.92. The first-order valence-electron chi connectivity index (χ1n) is 5.74. The molecule has 0 heterocycles. The molecule has 0 aromatic heterocycles. The van der Waals surface area contributed by atoms with E-state index < -0.39 is 0 Å². The topological polar surface area (TPSA) is 66.1 Å². The Balaban J connectivity index is 2.96. The standard InChI is InChI=1S/C13H20N2O3/c1-9(2)18-8-12(14)15-13-10(16-3)6-5-7-11(13)17-4/h5-7,9H,8H2,1-4H3,(H2,14,15). The summed E-state index contributed by atoms with van der Waals surface area (Å²) in [6, 6.07) is 5.44. The van der Waals surface area contributed by atoms with Crippen molar-refractivity contribution in [1.82, 2.24) is 0 Å². The molecule has 0 aliphatic carbocycles. The van der Waals surface area contributed by atoms with Crippen LogP contribution in [0.5, 0.6) is 11.5 Å². The largest absolute Gasteiger partial charge is 0.494 e. The lowest BCUT2D eigenvalue weighted by Gasteiger charge is -2.11. The summed E-state index contributed by atoms with van der Waals surface area (Å²) < 4.78 is 15.8. The Labute approximate surface area is 108 Å². The van der Waals surface area contributed by atoms with Gasteiger partial charge in [0.05, 0.1) is 20.3 Å². The Hall–Kier alpha value is -1.75. The molecule has 2 N–H and O–H groups in total. The second kappa shape index (κ2) is 6.86. The number of ether oxygens (including phenoxy) is 3. The van der Waals surface area contributed by atoms with Gasteiger partial charge in [-0.1, -0.05) is 6.07 Å². The fourth-order valence-corrected chi connectivity index (χ4v) is 1.37. The van der Waals surface area contributed by atoms with E-state index in [2.05, 4.69) is 4.99 Å². The molecule has 0 bridgehead atoms. The maximum absolute atomic E-state index is 5.82. The Kier molecular flexibility index (Phi) is 5.45. The molecule has 100 valence electrons. The first kappa shape index (κ1) is 14.3. The van der Waals surface area contributed by atoms with E-state index in [4.69, 9.17) is 19.9 Å². The molecule has 1 rings (SSSR count).